The van der Waals surface area contributed by atoms with Crippen LogP contribution in [-0.4, -0.2) is 52.4 Å². The van der Waals surface area contributed by atoms with Crippen molar-refractivity contribution in [3.05, 3.63) is 34.9 Å². The van der Waals surface area contributed by atoms with E-state index in [0.717, 1.165) is 17.5 Å². The van der Waals surface area contributed by atoms with Gasteiger partial charge in [-0.25, -0.2) is 4.79 Å². The molecule has 0 bridgehead atoms. The monoisotopic (exact) mass is 518 g/mol. The molecule has 2 atom stereocenters. The van der Waals surface area contributed by atoms with Crippen LogP contribution in [-0.2, 0) is 19.1 Å². The van der Waals surface area contributed by atoms with E-state index in [2.05, 4.69) is 10.6 Å². The summed E-state index contributed by atoms with van der Waals surface area (Å²) in [6.45, 7) is 16.9. The molecule has 0 spiro atoms. The fourth-order valence-corrected chi connectivity index (χ4v) is 3.97. The van der Waals surface area contributed by atoms with Gasteiger partial charge in [-0.05, 0) is 73.8 Å². The summed E-state index contributed by atoms with van der Waals surface area (Å²) in [6, 6.07) is 3.75. The molecule has 0 heterocycles. The van der Waals surface area contributed by atoms with E-state index in [-0.39, 0.29) is 25.3 Å². The number of unbranched alkanes of at least 4 members (excludes halogenated alkanes) is 1. The smallest absolute Gasteiger partial charge is 0.408 e. The zero-order valence-corrected chi connectivity index (χ0v) is 24.0. The Labute approximate surface area is 221 Å². The first-order valence-electron chi connectivity index (χ1n) is 12.9. The molecule has 0 saturated heterocycles. The Bertz CT molecular complexity index is 942. The van der Waals surface area contributed by atoms with Crippen LogP contribution in [0, 0.1) is 13.8 Å². The highest BCUT2D eigenvalue weighted by atomic mass is 16.6. The van der Waals surface area contributed by atoms with Gasteiger partial charge in [0.15, 0.2) is 0 Å². The van der Waals surface area contributed by atoms with Crippen molar-refractivity contribution in [3.63, 3.8) is 0 Å². The molecule has 0 aliphatic rings. The number of aryl methyl sites for hydroxylation is 2. The fourth-order valence-electron chi connectivity index (χ4n) is 3.97. The third-order valence-electron chi connectivity index (χ3n) is 5.32. The molecule has 2 unspecified atom stereocenters. The Morgan fingerprint density at radius 1 is 1.00 bits per heavy atom. The fraction of sp³-hybridized carbons (Fsp3) is 0.643. The van der Waals surface area contributed by atoms with Crippen LogP contribution in [0.5, 0.6) is 0 Å². The molecule has 4 amide bonds. The standard InChI is InChI=1S/C28H46N4O5/c1-10-11-14-32(25(35)21(12-13-22(29)33)30-26(36)37-28(7,8)9)23(24(34)31-27(4,5)6)20-16-18(2)15-19(3)17-20/h15-17,21,23H,10-14H2,1-9H3,(H2,29,33)(H,30,36)(H,31,34). The molecule has 0 aliphatic heterocycles. The Hall–Kier alpha value is -3.10. The van der Waals surface area contributed by atoms with Gasteiger partial charge in [0.2, 0.25) is 17.7 Å². The first-order chi connectivity index (χ1) is 16.9. The molecule has 0 radical (unpaired) electrons. The van der Waals surface area contributed by atoms with Gasteiger partial charge in [-0.1, -0.05) is 42.7 Å². The summed E-state index contributed by atoms with van der Waals surface area (Å²) < 4.78 is 5.36. The lowest BCUT2D eigenvalue weighted by Gasteiger charge is -2.36. The molecule has 208 valence electrons. The average Bonchev–Trinajstić information content (AvgIpc) is 2.69. The molecule has 1 aromatic rings. The molecule has 1 aromatic carbocycles. The largest absolute Gasteiger partial charge is 0.444 e. The van der Waals surface area contributed by atoms with Crippen molar-refractivity contribution in [1.29, 1.82) is 0 Å². The lowest BCUT2D eigenvalue weighted by molar-refractivity contribution is -0.143. The Morgan fingerprint density at radius 2 is 1.57 bits per heavy atom. The number of nitrogens with two attached hydrogens (primary N) is 1. The van der Waals surface area contributed by atoms with Crippen LogP contribution < -0.4 is 16.4 Å². The van der Waals surface area contributed by atoms with Gasteiger partial charge in [0.25, 0.3) is 0 Å². The second kappa shape index (κ2) is 13.4. The summed E-state index contributed by atoms with van der Waals surface area (Å²) in [5.41, 5.74) is 6.64. The topological polar surface area (TPSA) is 131 Å². The van der Waals surface area contributed by atoms with E-state index in [1.165, 1.54) is 4.90 Å². The second-order valence-electron chi connectivity index (χ2n) is 11.7. The molecule has 0 saturated carbocycles. The van der Waals surface area contributed by atoms with Crippen LogP contribution >= 0.6 is 0 Å². The number of nitrogens with one attached hydrogen (secondary N) is 2. The number of hydrogen-bond acceptors (Lipinski definition) is 5. The predicted octanol–water partition coefficient (Wildman–Crippen LogP) is 4.05. The van der Waals surface area contributed by atoms with E-state index in [0.29, 0.717) is 12.0 Å². The number of benzene rings is 1. The third kappa shape index (κ3) is 11.7. The molecule has 0 aliphatic carbocycles. The van der Waals surface area contributed by atoms with Gasteiger partial charge in [-0.3, -0.25) is 14.4 Å². The maximum atomic E-state index is 14.0. The Morgan fingerprint density at radius 3 is 2.03 bits per heavy atom. The normalized spacial score (nSPS) is 13.3. The van der Waals surface area contributed by atoms with Gasteiger partial charge >= 0.3 is 6.09 Å². The van der Waals surface area contributed by atoms with Crippen LogP contribution in [0.1, 0.15) is 96.9 Å². The number of primary amides is 1. The van der Waals surface area contributed by atoms with Gasteiger partial charge in [-0.15, -0.1) is 0 Å². The summed E-state index contributed by atoms with van der Waals surface area (Å²) >= 11 is 0. The van der Waals surface area contributed by atoms with Crippen molar-refractivity contribution < 1.29 is 23.9 Å². The minimum absolute atomic E-state index is 0.0174. The zero-order valence-electron chi connectivity index (χ0n) is 24.0. The summed E-state index contributed by atoms with van der Waals surface area (Å²) in [5.74, 6) is -1.40. The van der Waals surface area contributed by atoms with E-state index >= 15 is 0 Å². The van der Waals surface area contributed by atoms with E-state index in [4.69, 9.17) is 10.5 Å². The zero-order chi connectivity index (χ0) is 28.6. The van der Waals surface area contributed by atoms with Gasteiger partial charge in [-0.2, -0.15) is 0 Å². The number of carbonyl (C=O) groups excluding carboxylic acids is 4. The van der Waals surface area contributed by atoms with Gasteiger partial charge < -0.3 is 26.0 Å². The highest BCUT2D eigenvalue weighted by Gasteiger charge is 2.37. The van der Waals surface area contributed by atoms with Crippen LogP contribution in [0.2, 0.25) is 0 Å². The van der Waals surface area contributed by atoms with E-state index in [9.17, 15) is 19.2 Å². The van der Waals surface area contributed by atoms with Crippen molar-refractivity contribution in [2.24, 2.45) is 5.73 Å². The molecule has 0 aromatic heterocycles. The summed E-state index contributed by atoms with van der Waals surface area (Å²) in [5, 5.41) is 5.62. The number of ether oxygens (including phenoxy) is 1. The molecule has 37 heavy (non-hydrogen) atoms. The minimum Gasteiger partial charge on any atom is -0.444 e. The van der Waals surface area contributed by atoms with Gasteiger partial charge in [0.05, 0.1) is 0 Å². The van der Waals surface area contributed by atoms with E-state index < -0.39 is 41.1 Å². The second-order valence-corrected chi connectivity index (χ2v) is 11.7. The number of alkyl carbamates (subject to hydrolysis) is 1. The average molecular weight is 519 g/mol. The van der Waals surface area contributed by atoms with Gasteiger partial charge in [0.1, 0.15) is 17.7 Å². The molecular formula is C28H46N4O5. The molecule has 0 fully saturated rings. The first-order valence-corrected chi connectivity index (χ1v) is 12.9. The predicted molar refractivity (Wildman–Crippen MR) is 145 cm³/mol. The molecule has 9 heteroatoms. The molecule has 4 N–H and O–H groups in total. The maximum absolute atomic E-state index is 14.0. The SMILES string of the molecule is CCCCN(C(=O)C(CCC(N)=O)NC(=O)OC(C)(C)C)C(C(=O)NC(C)(C)C)c1cc(C)cc(C)c1. The highest BCUT2D eigenvalue weighted by Crippen LogP contribution is 2.27. The molecular weight excluding hydrogens is 472 g/mol. The highest BCUT2D eigenvalue weighted by molar-refractivity contribution is 5.92. The van der Waals surface area contributed by atoms with Crippen LogP contribution in [0.15, 0.2) is 18.2 Å². The van der Waals surface area contributed by atoms with Crippen LogP contribution in [0.4, 0.5) is 4.79 Å². The quantitative estimate of drug-likeness (QED) is 0.407. The van der Waals surface area contributed by atoms with E-state index in [1.54, 1.807) is 20.8 Å². The summed E-state index contributed by atoms with van der Waals surface area (Å²) in [7, 11) is 0. The molecule has 9 nitrogen and oxygen atoms in total. The third-order valence-corrected chi connectivity index (χ3v) is 5.32. The number of hydrogen-bond donors (Lipinski definition) is 3. The summed E-state index contributed by atoms with van der Waals surface area (Å²) in [4.78, 5) is 53.4. The Balaban J connectivity index is 3.58. The van der Waals surface area contributed by atoms with Crippen LogP contribution in [0.25, 0.3) is 0 Å². The van der Waals surface area contributed by atoms with Crippen molar-refractivity contribution in [2.75, 3.05) is 6.54 Å². The molecule has 1 rings (SSSR count). The van der Waals surface area contributed by atoms with E-state index in [1.807, 2.05) is 59.7 Å². The number of rotatable bonds is 11. The lowest BCUT2D eigenvalue weighted by atomic mass is 9.96. The summed E-state index contributed by atoms with van der Waals surface area (Å²) in [6.07, 6.45) is 0.514. The number of nitrogens with zero attached hydrogens (tertiary/aromatic N) is 1. The Kier molecular flexibility index (Phi) is 11.6. The minimum atomic E-state index is -1.10. The van der Waals surface area contributed by atoms with Crippen molar-refractivity contribution in [2.45, 2.75) is 111 Å². The number of carbonyl (C=O) groups is 4. The maximum Gasteiger partial charge on any atom is 0.408 e. The first kappa shape index (κ1) is 31.9. The van der Waals surface area contributed by atoms with Crippen molar-refractivity contribution in [1.82, 2.24) is 15.5 Å². The lowest BCUT2D eigenvalue weighted by Crippen LogP contribution is -2.55. The van der Waals surface area contributed by atoms with Gasteiger partial charge in [0, 0.05) is 18.5 Å². The van der Waals surface area contributed by atoms with Crippen molar-refractivity contribution >= 4 is 23.8 Å². The van der Waals surface area contributed by atoms with Crippen molar-refractivity contribution in [3.8, 4) is 0 Å². The van der Waals surface area contributed by atoms with Crippen LogP contribution in [0.3, 0.4) is 0 Å². The number of amides is 4.